The Morgan fingerprint density at radius 3 is 3.00 bits per heavy atom. The van der Waals surface area contributed by atoms with Gasteiger partial charge in [-0.05, 0) is 32.0 Å². The summed E-state index contributed by atoms with van der Waals surface area (Å²) in [7, 11) is 0. The van der Waals surface area contributed by atoms with Gasteiger partial charge in [0.1, 0.15) is 11.6 Å². The van der Waals surface area contributed by atoms with E-state index in [1.54, 1.807) is 28.9 Å². The van der Waals surface area contributed by atoms with Gasteiger partial charge in [0.15, 0.2) is 5.65 Å². The van der Waals surface area contributed by atoms with Gasteiger partial charge in [0, 0.05) is 37.4 Å². The quantitative estimate of drug-likeness (QED) is 0.742. The Hall–Kier alpha value is -3.00. The fourth-order valence-corrected chi connectivity index (χ4v) is 3.33. The van der Waals surface area contributed by atoms with Crippen LogP contribution in [-0.2, 0) is 0 Å². The smallest absolute Gasteiger partial charge is 0.256 e. The molecule has 2 aromatic heterocycles. The van der Waals surface area contributed by atoms with Crippen molar-refractivity contribution in [3.05, 3.63) is 53.9 Å². The zero-order chi connectivity index (χ0) is 19.0. The molecule has 1 fully saturated rings. The molecule has 4 rings (SSSR count). The van der Waals surface area contributed by atoms with Crippen LogP contribution in [-0.4, -0.2) is 46.0 Å². The van der Waals surface area contributed by atoms with Crippen molar-refractivity contribution < 1.29 is 9.18 Å². The van der Waals surface area contributed by atoms with Gasteiger partial charge in [-0.1, -0.05) is 0 Å². The molecule has 1 atom stereocenters. The Labute approximate surface area is 156 Å². The van der Waals surface area contributed by atoms with Crippen molar-refractivity contribution in [1.29, 1.82) is 0 Å². The van der Waals surface area contributed by atoms with Crippen LogP contribution >= 0.6 is 0 Å². The minimum atomic E-state index is -0.405. The van der Waals surface area contributed by atoms with Crippen LogP contribution in [0.1, 0.15) is 23.0 Å². The lowest BCUT2D eigenvalue weighted by molar-refractivity contribution is 0.102. The second-order valence-electron chi connectivity index (χ2n) is 6.84. The number of nitrogens with one attached hydrogen (secondary N) is 2. The van der Waals surface area contributed by atoms with Crippen molar-refractivity contribution in [2.45, 2.75) is 19.9 Å². The van der Waals surface area contributed by atoms with E-state index in [0.29, 0.717) is 23.2 Å². The van der Waals surface area contributed by atoms with Crippen LogP contribution in [0.2, 0.25) is 0 Å². The predicted octanol–water partition coefficient (Wildman–Crippen LogP) is 2.23. The molecule has 7 nitrogen and oxygen atoms in total. The Morgan fingerprint density at radius 2 is 2.22 bits per heavy atom. The fraction of sp³-hybridized carbons (Fsp3) is 0.316. The number of halogens is 1. The standard InChI is InChI=1S/C19H21FN6O/c1-12-9-25(6-5-21-12)16-4-3-14(7-15(16)20)19(27)24-17-11-26-10-13(2)23-18(26)8-22-17/h3-4,7-8,10-12,21H,5-6,9H2,1-2H3,(H,24,27). The number of nitrogens with zero attached hydrogens (tertiary/aromatic N) is 4. The SMILES string of the molecule is Cc1cn2cc(NC(=O)c3ccc(N4CCNC(C)C4)c(F)c3)ncc2n1. The molecule has 0 bridgehead atoms. The van der Waals surface area contributed by atoms with E-state index >= 15 is 0 Å². The second kappa shape index (κ2) is 6.96. The van der Waals surface area contributed by atoms with Crippen LogP contribution in [0.4, 0.5) is 15.9 Å². The summed E-state index contributed by atoms with van der Waals surface area (Å²) in [6, 6.07) is 4.88. The number of amides is 1. The molecule has 0 spiro atoms. The average molecular weight is 368 g/mol. The number of carbonyl (C=O) groups excluding carboxylic acids is 1. The maximum atomic E-state index is 14.6. The van der Waals surface area contributed by atoms with Gasteiger partial charge >= 0.3 is 0 Å². The summed E-state index contributed by atoms with van der Waals surface area (Å²) >= 11 is 0. The highest BCUT2D eigenvalue weighted by Crippen LogP contribution is 2.22. The molecular weight excluding hydrogens is 347 g/mol. The van der Waals surface area contributed by atoms with Crippen molar-refractivity contribution in [3.8, 4) is 0 Å². The molecule has 1 saturated heterocycles. The molecule has 1 aromatic carbocycles. The maximum absolute atomic E-state index is 14.6. The molecule has 1 aliphatic heterocycles. The zero-order valence-corrected chi connectivity index (χ0v) is 15.2. The summed E-state index contributed by atoms with van der Waals surface area (Å²) in [6.45, 7) is 6.23. The fourth-order valence-electron chi connectivity index (χ4n) is 3.33. The van der Waals surface area contributed by atoms with Crippen LogP contribution in [0.5, 0.6) is 0 Å². The summed E-state index contributed by atoms with van der Waals surface area (Å²) in [5.41, 5.74) is 2.34. The van der Waals surface area contributed by atoms with Crippen molar-refractivity contribution in [2.75, 3.05) is 29.9 Å². The summed E-state index contributed by atoms with van der Waals surface area (Å²) in [5, 5.41) is 6.03. The first-order valence-electron chi connectivity index (χ1n) is 8.90. The molecule has 0 aliphatic carbocycles. The lowest BCUT2D eigenvalue weighted by Crippen LogP contribution is -2.49. The van der Waals surface area contributed by atoms with Crippen molar-refractivity contribution in [2.24, 2.45) is 0 Å². The van der Waals surface area contributed by atoms with Gasteiger partial charge in [0.25, 0.3) is 5.91 Å². The van der Waals surface area contributed by atoms with Gasteiger partial charge in [-0.15, -0.1) is 0 Å². The third kappa shape index (κ3) is 3.61. The van der Waals surface area contributed by atoms with Gasteiger partial charge in [0.2, 0.25) is 0 Å². The number of benzene rings is 1. The minimum absolute atomic E-state index is 0.253. The van der Waals surface area contributed by atoms with Crippen LogP contribution < -0.4 is 15.5 Å². The highest BCUT2D eigenvalue weighted by molar-refractivity contribution is 6.04. The van der Waals surface area contributed by atoms with Crippen molar-refractivity contribution in [3.63, 3.8) is 0 Å². The topological polar surface area (TPSA) is 74.6 Å². The molecule has 1 amide bonds. The van der Waals surface area contributed by atoms with E-state index in [-0.39, 0.29) is 5.56 Å². The van der Waals surface area contributed by atoms with Gasteiger partial charge in [0.05, 0.1) is 23.8 Å². The molecule has 1 unspecified atom stereocenters. The zero-order valence-electron chi connectivity index (χ0n) is 15.2. The largest absolute Gasteiger partial charge is 0.366 e. The van der Waals surface area contributed by atoms with Gasteiger partial charge in [-0.3, -0.25) is 4.79 Å². The van der Waals surface area contributed by atoms with E-state index in [4.69, 9.17) is 0 Å². The van der Waals surface area contributed by atoms with E-state index in [9.17, 15) is 9.18 Å². The van der Waals surface area contributed by atoms with Gasteiger partial charge in [-0.2, -0.15) is 0 Å². The van der Waals surface area contributed by atoms with Crippen LogP contribution in [0.25, 0.3) is 5.65 Å². The molecule has 8 heteroatoms. The third-order valence-electron chi connectivity index (χ3n) is 4.62. The van der Waals surface area contributed by atoms with Gasteiger partial charge < -0.3 is 19.9 Å². The predicted molar refractivity (Wildman–Crippen MR) is 102 cm³/mol. The molecule has 0 saturated carbocycles. The lowest BCUT2D eigenvalue weighted by atomic mass is 10.1. The van der Waals surface area contributed by atoms with E-state index in [1.165, 1.54) is 6.07 Å². The Morgan fingerprint density at radius 1 is 1.37 bits per heavy atom. The molecule has 1 aliphatic rings. The first-order chi connectivity index (χ1) is 13.0. The Balaban J connectivity index is 1.51. The number of fused-ring (bicyclic) bond motifs is 1. The molecular formula is C19H21FN6O. The molecule has 3 aromatic rings. The number of imidazole rings is 1. The van der Waals surface area contributed by atoms with E-state index in [2.05, 4.69) is 27.5 Å². The summed E-state index contributed by atoms with van der Waals surface area (Å²) in [5.74, 6) is -0.423. The average Bonchev–Trinajstić information content (AvgIpc) is 3.01. The van der Waals surface area contributed by atoms with E-state index in [0.717, 1.165) is 25.3 Å². The number of aromatic nitrogens is 3. The summed E-state index contributed by atoms with van der Waals surface area (Å²) in [6.07, 6.45) is 5.10. The van der Waals surface area contributed by atoms with Crippen LogP contribution in [0, 0.1) is 12.7 Å². The van der Waals surface area contributed by atoms with E-state index < -0.39 is 11.7 Å². The van der Waals surface area contributed by atoms with Crippen LogP contribution in [0.3, 0.4) is 0 Å². The highest BCUT2D eigenvalue weighted by Gasteiger charge is 2.20. The number of hydrogen-bond acceptors (Lipinski definition) is 5. The first-order valence-corrected chi connectivity index (χ1v) is 8.90. The summed E-state index contributed by atoms with van der Waals surface area (Å²) in [4.78, 5) is 23.0. The third-order valence-corrected chi connectivity index (χ3v) is 4.62. The number of anilines is 2. The number of piperazine rings is 1. The molecule has 3 heterocycles. The molecule has 0 radical (unpaired) electrons. The Bertz CT molecular complexity index is 1000. The molecule has 2 N–H and O–H groups in total. The van der Waals surface area contributed by atoms with Crippen molar-refractivity contribution in [1.82, 2.24) is 19.7 Å². The lowest BCUT2D eigenvalue weighted by Gasteiger charge is -2.33. The monoisotopic (exact) mass is 368 g/mol. The normalized spacial score (nSPS) is 17.3. The van der Waals surface area contributed by atoms with Crippen LogP contribution in [0.15, 0.2) is 36.8 Å². The second-order valence-corrected chi connectivity index (χ2v) is 6.84. The van der Waals surface area contributed by atoms with E-state index in [1.807, 2.05) is 18.0 Å². The number of rotatable bonds is 3. The van der Waals surface area contributed by atoms with Crippen molar-refractivity contribution >= 4 is 23.1 Å². The van der Waals surface area contributed by atoms with Gasteiger partial charge in [-0.25, -0.2) is 14.4 Å². The minimum Gasteiger partial charge on any atom is -0.366 e. The molecule has 140 valence electrons. The molecule has 27 heavy (non-hydrogen) atoms. The first kappa shape index (κ1) is 17.4. The number of hydrogen-bond donors (Lipinski definition) is 2. The number of carbonyl (C=O) groups is 1. The maximum Gasteiger partial charge on any atom is 0.256 e. The number of aryl methyl sites for hydroxylation is 1. The summed E-state index contributed by atoms with van der Waals surface area (Å²) < 4.78 is 16.4. The Kier molecular flexibility index (Phi) is 4.49. The highest BCUT2D eigenvalue weighted by atomic mass is 19.1.